The minimum Gasteiger partial charge on any atom is -0.459 e. The van der Waals surface area contributed by atoms with Crippen LogP contribution in [0.25, 0.3) is 11.0 Å². The topological polar surface area (TPSA) is 25.2 Å². The molecule has 108 valence electrons. The van der Waals surface area contributed by atoms with Gasteiger partial charge in [-0.15, -0.1) is 0 Å². The third-order valence-corrected chi connectivity index (χ3v) is 4.56. The fourth-order valence-electron chi connectivity index (χ4n) is 2.36. The predicted molar refractivity (Wildman–Crippen MR) is 91.2 cm³/mol. The van der Waals surface area contributed by atoms with Crippen LogP contribution < -0.4 is 5.32 Å². The van der Waals surface area contributed by atoms with Crippen LogP contribution in [-0.2, 0) is 0 Å². The Morgan fingerprint density at radius 2 is 2.00 bits per heavy atom. The molecule has 5 heteroatoms. The summed E-state index contributed by atoms with van der Waals surface area (Å²) in [6, 6.07) is 12.0. The molecule has 0 saturated carbocycles. The van der Waals surface area contributed by atoms with Crippen LogP contribution in [0, 0.1) is 9.39 Å². The zero-order valence-electron chi connectivity index (χ0n) is 11.2. The Kier molecular flexibility index (Phi) is 4.19. The minimum absolute atomic E-state index is 0.133. The maximum absolute atomic E-state index is 13.3. The highest BCUT2D eigenvalue weighted by Crippen LogP contribution is 2.32. The average molecular weight is 416 g/mol. The number of rotatable bonds is 3. The molecule has 0 spiro atoms. The van der Waals surface area contributed by atoms with Gasteiger partial charge in [0.05, 0.1) is 6.04 Å². The largest absolute Gasteiger partial charge is 0.459 e. The van der Waals surface area contributed by atoms with E-state index in [1.165, 1.54) is 12.1 Å². The van der Waals surface area contributed by atoms with E-state index in [-0.39, 0.29) is 11.9 Å². The van der Waals surface area contributed by atoms with Gasteiger partial charge in [-0.05, 0) is 77.7 Å². The second kappa shape index (κ2) is 5.94. The van der Waals surface area contributed by atoms with E-state index in [0.29, 0.717) is 10.6 Å². The van der Waals surface area contributed by atoms with Crippen LogP contribution in [0.5, 0.6) is 0 Å². The summed E-state index contributed by atoms with van der Waals surface area (Å²) >= 11 is 8.36. The van der Waals surface area contributed by atoms with Crippen molar-refractivity contribution in [2.24, 2.45) is 0 Å². The van der Waals surface area contributed by atoms with Crippen molar-refractivity contribution in [3.63, 3.8) is 0 Å². The molecular formula is C16H12ClFINO. The minimum atomic E-state index is -0.270. The average Bonchev–Trinajstić information content (AvgIpc) is 2.86. The second-order valence-electron chi connectivity index (χ2n) is 4.72. The fourth-order valence-corrected chi connectivity index (χ4v) is 3.19. The summed E-state index contributed by atoms with van der Waals surface area (Å²) in [5.41, 5.74) is 1.70. The standard InChI is InChI=1S/C16H12ClFINO/c1-20-16(12-8-10(17)2-4-13(12)19)15-7-9-6-11(18)3-5-14(9)21-15/h2-8,16,20H,1H3. The summed E-state index contributed by atoms with van der Waals surface area (Å²) in [6.45, 7) is 0. The van der Waals surface area contributed by atoms with Crippen LogP contribution in [0.1, 0.15) is 17.4 Å². The van der Waals surface area contributed by atoms with E-state index in [9.17, 15) is 4.39 Å². The normalized spacial score (nSPS) is 12.8. The summed E-state index contributed by atoms with van der Waals surface area (Å²) in [5, 5.41) is 4.65. The van der Waals surface area contributed by atoms with Gasteiger partial charge >= 0.3 is 0 Å². The van der Waals surface area contributed by atoms with Crippen molar-refractivity contribution >= 4 is 45.2 Å². The number of benzene rings is 2. The van der Waals surface area contributed by atoms with Crippen LogP contribution in [0.4, 0.5) is 4.39 Å². The molecule has 2 aromatic carbocycles. The summed E-state index contributed by atoms with van der Waals surface area (Å²) in [7, 11) is 1.86. The lowest BCUT2D eigenvalue weighted by Gasteiger charge is -2.16. The molecule has 1 heterocycles. The van der Waals surface area contributed by atoms with E-state index >= 15 is 0 Å². The second-order valence-corrected chi connectivity index (χ2v) is 6.32. The maximum Gasteiger partial charge on any atom is 0.134 e. The number of hydrogen-bond acceptors (Lipinski definition) is 2. The van der Waals surface area contributed by atoms with Gasteiger partial charge in [0.2, 0.25) is 0 Å². The number of furan rings is 1. The van der Waals surface area contributed by atoms with Crippen molar-refractivity contribution < 1.29 is 8.81 Å². The number of halogens is 3. The Morgan fingerprint density at radius 1 is 1.19 bits per heavy atom. The molecule has 0 amide bonds. The van der Waals surface area contributed by atoms with Crippen LogP contribution in [0.3, 0.4) is 0 Å². The predicted octanol–water partition coefficient (Wildman–Crippen LogP) is 5.14. The fraction of sp³-hybridized carbons (Fsp3) is 0.125. The van der Waals surface area contributed by atoms with E-state index in [1.807, 2.05) is 31.3 Å². The first kappa shape index (κ1) is 14.8. The molecule has 1 unspecified atom stereocenters. The molecule has 0 radical (unpaired) electrons. The zero-order chi connectivity index (χ0) is 15.0. The molecule has 21 heavy (non-hydrogen) atoms. The molecule has 1 atom stereocenters. The smallest absolute Gasteiger partial charge is 0.134 e. The Labute approximate surface area is 140 Å². The monoisotopic (exact) mass is 415 g/mol. The molecule has 1 N–H and O–H groups in total. The third-order valence-electron chi connectivity index (χ3n) is 3.34. The molecule has 1 aromatic heterocycles. The Balaban J connectivity index is 2.11. The first-order chi connectivity index (χ1) is 10.1. The van der Waals surface area contributed by atoms with E-state index in [4.69, 9.17) is 16.0 Å². The van der Waals surface area contributed by atoms with Crippen molar-refractivity contribution in [1.82, 2.24) is 5.32 Å². The van der Waals surface area contributed by atoms with Crippen molar-refractivity contribution in [3.8, 4) is 0 Å². The Bertz CT molecular complexity index is 802. The molecule has 2 nitrogen and oxygen atoms in total. The molecule has 3 aromatic rings. The lowest BCUT2D eigenvalue weighted by atomic mass is 10.0. The number of fused-ring (bicyclic) bond motifs is 1. The quantitative estimate of drug-likeness (QED) is 0.599. The highest BCUT2D eigenvalue weighted by Gasteiger charge is 2.19. The lowest BCUT2D eigenvalue weighted by molar-refractivity contribution is 0.490. The van der Waals surface area contributed by atoms with Gasteiger partial charge in [0, 0.05) is 14.0 Å². The summed E-state index contributed by atoms with van der Waals surface area (Å²) < 4.78 is 20.2. The summed E-state index contributed by atoms with van der Waals surface area (Å²) in [6.07, 6.45) is 0. The van der Waals surface area contributed by atoms with Crippen LogP contribution in [0.2, 0.25) is 5.02 Å². The van der Waals surface area contributed by atoms with E-state index in [2.05, 4.69) is 27.9 Å². The molecule has 0 aliphatic rings. The third kappa shape index (κ3) is 2.93. The number of nitrogens with one attached hydrogen (secondary N) is 1. The highest BCUT2D eigenvalue weighted by atomic mass is 127. The van der Waals surface area contributed by atoms with Gasteiger partial charge in [-0.25, -0.2) is 4.39 Å². The molecule has 0 aliphatic carbocycles. The van der Waals surface area contributed by atoms with Gasteiger partial charge in [-0.2, -0.15) is 0 Å². The van der Waals surface area contributed by atoms with Gasteiger partial charge in [0.1, 0.15) is 17.2 Å². The molecule has 0 fully saturated rings. The van der Waals surface area contributed by atoms with Gasteiger partial charge in [-0.1, -0.05) is 11.6 Å². The first-order valence-electron chi connectivity index (χ1n) is 6.39. The summed E-state index contributed by atoms with van der Waals surface area (Å²) in [5.74, 6) is 0.464. The molecular weight excluding hydrogens is 404 g/mol. The van der Waals surface area contributed by atoms with E-state index in [0.717, 1.165) is 20.3 Å². The molecule has 0 aliphatic heterocycles. The van der Waals surface area contributed by atoms with Gasteiger partial charge in [0.25, 0.3) is 0 Å². The van der Waals surface area contributed by atoms with Crippen LogP contribution in [0.15, 0.2) is 46.9 Å². The molecule has 3 rings (SSSR count). The molecule has 0 bridgehead atoms. The maximum atomic E-state index is 13.3. The van der Waals surface area contributed by atoms with E-state index in [1.54, 1.807) is 6.07 Å². The van der Waals surface area contributed by atoms with Crippen LogP contribution >= 0.6 is 34.2 Å². The Hall–Kier alpha value is -1.11. The highest BCUT2D eigenvalue weighted by molar-refractivity contribution is 14.1. The summed E-state index contributed by atoms with van der Waals surface area (Å²) in [4.78, 5) is 0. The zero-order valence-corrected chi connectivity index (χ0v) is 14.1. The van der Waals surface area contributed by atoms with Crippen LogP contribution in [-0.4, -0.2) is 7.05 Å². The van der Waals surface area contributed by atoms with E-state index < -0.39 is 0 Å². The lowest BCUT2D eigenvalue weighted by Crippen LogP contribution is -2.18. The number of hydrogen-bond donors (Lipinski definition) is 1. The van der Waals surface area contributed by atoms with Gasteiger partial charge < -0.3 is 9.73 Å². The van der Waals surface area contributed by atoms with Crippen molar-refractivity contribution in [2.75, 3.05) is 7.05 Å². The SMILES string of the molecule is CNC(c1cc2cc(F)ccc2o1)c1cc(Cl)ccc1I. The van der Waals surface area contributed by atoms with Crippen molar-refractivity contribution in [2.45, 2.75) is 6.04 Å². The molecule has 0 saturated heterocycles. The van der Waals surface area contributed by atoms with Gasteiger partial charge in [0.15, 0.2) is 0 Å². The van der Waals surface area contributed by atoms with Crippen molar-refractivity contribution in [1.29, 1.82) is 0 Å². The first-order valence-corrected chi connectivity index (χ1v) is 7.85. The van der Waals surface area contributed by atoms with Gasteiger partial charge in [-0.3, -0.25) is 0 Å². The van der Waals surface area contributed by atoms with Crippen molar-refractivity contribution in [3.05, 3.63) is 68.2 Å². The Morgan fingerprint density at radius 3 is 2.76 bits per heavy atom.